The molecule has 0 radical (unpaired) electrons. The maximum atomic E-state index is 12.1. The lowest BCUT2D eigenvalue weighted by molar-refractivity contribution is -0.137. The molecule has 0 aliphatic rings. The third-order valence-corrected chi connectivity index (χ3v) is 15.2. The van der Waals surface area contributed by atoms with Gasteiger partial charge in [0.2, 0.25) is 0 Å². The monoisotopic (exact) mass is 1460 g/mol. The molecule has 0 unspecified atom stereocenters. The smallest absolute Gasteiger partial charge is 0.416 e. The van der Waals surface area contributed by atoms with Gasteiger partial charge < -0.3 is 28.7 Å². The van der Waals surface area contributed by atoms with Gasteiger partial charge in [-0.2, -0.15) is 13.2 Å². The van der Waals surface area contributed by atoms with Crippen LogP contribution in [0, 0.1) is 76.2 Å². The Balaban J connectivity index is 0.000000307. The van der Waals surface area contributed by atoms with Gasteiger partial charge in [0.05, 0.1) is 77.1 Å². The van der Waals surface area contributed by atoms with Crippen LogP contribution in [-0.4, -0.2) is 98.3 Å². The number of sulfone groups is 1. The van der Waals surface area contributed by atoms with E-state index in [9.17, 15) is 50.4 Å². The quantitative estimate of drug-likeness (QED) is 0.115. The van der Waals surface area contributed by atoms with E-state index in [1.54, 1.807) is 113 Å². The predicted octanol–water partition coefficient (Wildman–Crippen LogP) is 18.3. The first-order valence-electron chi connectivity index (χ1n) is 32.8. The standard InChI is InChI=1S/C12H16O2.C10H10N2O.C10H12O2.C9H9F3.3C9H10O2.C8H10O2S.C7H6N2O/c1-9-5-7-10(8-6-9)11(13)14-12(2,3)4;1-6-3-4-9-8(5-6)10(13)12-7(2)11-9;1-3-12-10(11)9-6-4-8(2)5-7-9;1-6-3-7(2)5-8(4-6)9(10,11)12;1-7-3-5-8(6-4-7)9(10)11-2;1-7-4-3-5-8(6-7)9(10)11-2;1-7-5-3-4-6-8(7)9(10)11-2;1-7-3-5-8(6-4-7)11(2,9)10;1-5-2-3-6-7(4-5)9-10-8-6/h5-8H,1-4H3;3-5H,1-2H3,(H,11,12,13);4-7H,3H2,1-2H3;3-5H,1-2H3;4*3-6H,1-2H3;2-4H,1H3. The summed E-state index contributed by atoms with van der Waals surface area (Å²) in [6, 6.07) is 58.9. The summed E-state index contributed by atoms with van der Waals surface area (Å²) < 4.78 is 86.6. The van der Waals surface area contributed by atoms with E-state index in [-0.39, 0.29) is 35.4 Å². The summed E-state index contributed by atoms with van der Waals surface area (Å²) >= 11 is 0. The molecule has 0 saturated heterocycles. The van der Waals surface area contributed by atoms with E-state index in [0.29, 0.717) is 61.7 Å². The second-order valence-electron chi connectivity index (χ2n) is 24.9. The number of nitrogens with one attached hydrogen (secondary N) is 1. The molecule has 2 heterocycles. The molecule has 2 aromatic heterocycles. The number of nitrogens with zero attached hydrogens (tertiary/aromatic N) is 3. The van der Waals surface area contributed by atoms with E-state index < -0.39 is 27.2 Å². The molecule has 11 aromatic rings. The summed E-state index contributed by atoms with van der Waals surface area (Å²) in [5.41, 5.74) is 14.4. The Bertz CT molecular complexity index is 4760. The van der Waals surface area contributed by atoms with E-state index in [0.717, 1.165) is 67.6 Å². The molecule has 0 fully saturated rings. The summed E-state index contributed by atoms with van der Waals surface area (Å²) in [5, 5.41) is 8.03. The molecule has 22 heteroatoms. The van der Waals surface area contributed by atoms with Crippen LogP contribution in [-0.2, 0) is 39.7 Å². The van der Waals surface area contributed by atoms with E-state index in [2.05, 4.69) is 39.1 Å². The van der Waals surface area contributed by atoms with Crippen LogP contribution in [0.15, 0.2) is 215 Å². The number of fused-ring (bicyclic) bond motifs is 2. The number of halogens is 3. The fourth-order valence-electron chi connectivity index (χ4n) is 8.73. The SMILES string of the molecule is CCOC(=O)c1ccc(C)cc1.COC(=O)c1ccc(C)cc1.COC(=O)c1cccc(C)c1.COC(=O)c1ccccc1C.Cc1cc(C)cc(C(F)(F)F)c1.Cc1ccc(C(=O)OC(C)(C)C)cc1.Cc1ccc(S(C)(=O)=O)cc1.Cc1ccc2nc(C)[nH]c(=O)c2c1.Cc1ccc2nonc2c1. The molecule has 9 aromatic carbocycles. The van der Waals surface area contributed by atoms with Crippen molar-refractivity contribution in [2.75, 3.05) is 34.2 Å². The van der Waals surface area contributed by atoms with E-state index in [4.69, 9.17) is 9.47 Å². The minimum Gasteiger partial charge on any atom is -0.465 e. The third-order valence-electron chi connectivity index (χ3n) is 14.1. The maximum absolute atomic E-state index is 12.1. The lowest BCUT2D eigenvalue weighted by Crippen LogP contribution is -2.23. The van der Waals surface area contributed by atoms with E-state index >= 15 is 0 Å². The molecule has 0 amide bonds. The van der Waals surface area contributed by atoms with Crippen LogP contribution in [0.3, 0.4) is 0 Å². The summed E-state index contributed by atoms with van der Waals surface area (Å²) in [6.45, 7) is 28.5. The second-order valence-corrected chi connectivity index (χ2v) is 26.9. The van der Waals surface area contributed by atoms with Crippen molar-refractivity contribution in [3.8, 4) is 0 Å². The zero-order chi connectivity index (χ0) is 78.8. The van der Waals surface area contributed by atoms with Gasteiger partial charge in [-0.3, -0.25) is 4.79 Å². The average molecular weight is 1460 g/mol. The molecule has 18 nitrogen and oxygen atoms in total. The number of rotatable bonds is 7. The van der Waals surface area contributed by atoms with Crippen LogP contribution in [0.1, 0.15) is 147 Å². The Morgan fingerprint density at radius 3 is 1.33 bits per heavy atom. The van der Waals surface area contributed by atoms with Gasteiger partial charge in [0, 0.05) is 6.26 Å². The summed E-state index contributed by atoms with van der Waals surface area (Å²) in [5.74, 6) is -0.710. The van der Waals surface area contributed by atoms with Gasteiger partial charge in [-0.1, -0.05) is 142 Å². The minimum absolute atomic E-state index is 0.0637. The maximum Gasteiger partial charge on any atom is 0.416 e. The van der Waals surface area contributed by atoms with Crippen LogP contribution in [0.2, 0.25) is 0 Å². The van der Waals surface area contributed by atoms with Gasteiger partial charge in [0.15, 0.2) is 9.84 Å². The number of methoxy groups -OCH3 is 3. The molecule has 105 heavy (non-hydrogen) atoms. The number of esters is 5. The third kappa shape index (κ3) is 33.1. The zero-order valence-corrected chi connectivity index (χ0v) is 63.7. The van der Waals surface area contributed by atoms with E-state index in [1.165, 1.54) is 33.1 Å². The van der Waals surface area contributed by atoms with Gasteiger partial charge in [-0.05, 0) is 228 Å². The van der Waals surface area contributed by atoms with Crippen molar-refractivity contribution in [2.45, 2.75) is 121 Å². The van der Waals surface area contributed by atoms with Crippen molar-refractivity contribution < 1.29 is 73.9 Å². The number of H-pyrrole nitrogens is 1. The number of ether oxygens (including phenoxy) is 5. The Morgan fingerprint density at radius 1 is 0.448 bits per heavy atom. The Hall–Kier alpha value is -11.4. The zero-order valence-electron chi connectivity index (χ0n) is 62.9. The van der Waals surface area contributed by atoms with Crippen molar-refractivity contribution in [3.05, 3.63) is 305 Å². The molecule has 0 bridgehead atoms. The van der Waals surface area contributed by atoms with Crippen LogP contribution in [0.4, 0.5) is 13.2 Å². The average Bonchev–Trinajstić information content (AvgIpc) is 1.39. The van der Waals surface area contributed by atoms with Gasteiger partial charge in [-0.25, -0.2) is 42.0 Å². The van der Waals surface area contributed by atoms with Gasteiger partial charge in [0.25, 0.3) is 5.56 Å². The number of aryl methyl sites for hydroxylation is 11. The number of carbonyl (C=O) groups excluding carboxylic acids is 5. The molecule has 0 atom stereocenters. The van der Waals surface area contributed by atoms with Crippen LogP contribution in [0.25, 0.3) is 21.9 Å². The lowest BCUT2D eigenvalue weighted by Gasteiger charge is -2.19. The van der Waals surface area contributed by atoms with Crippen LogP contribution in [0.5, 0.6) is 0 Å². The largest absolute Gasteiger partial charge is 0.465 e. The highest BCUT2D eigenvalue weighted by Gasteiger charge is 2.30. The fraction of sp³-hybridized carbons (Fsp3) is 0.265. The van der Waals surface area contributed by atoms with Crippen LogP contribution >= 0.6 is 0 Å². The highest BCUT2D eigenvalue weighted by Crippen LogP contribution is 2.30. The first-order chi connectivity index (χ1) is 49.3. The van der Waals surface area contributed by atoms with Gasteiger partial charge in [-0.15, -0.1) is 0 Å². The molecular weight excluding hydrogens is 1370 g/mol. The molecule has 11 rings (SSSR count). The number of alkyl halides is 3. The number of carbonyl (C=O) groups is 5. The highest BCUT2D eigenvalue weighted by atomic mass is 32.2. The molecule has 0 spiro atoms. The summed E-state index contributed by atoms with van der Waals surface area (Å²) in [7, 11) is 1.12. The highest BCUT2D eigenvalue weighted by molar-refractivity contribution is 7.90. The normalized spacial score (nSPS) is 10.3. The Morgan fingerprint density at radius 2 is 0.876 bits per heavy atom. The van der Waals surface area contributed by atoms with Crippen LogP contribution < -0.4 is 5.56 Å². The molecule has 556 valence electrons. The molecule has 0 saturated carbocycles. The number of aromatic amines is 1. The number of hydrogen-bond acceptors (Lipinski definition) is 17. The number of hydrogen-bond donors (Lipinski definition) is 1. The lowest BCUT2D eigenvalue weighted by atomic mass is 10.1. The van der Waals surface area contributed by atoms with Crippen molar-refractivity contribution in [1.29, 1.82) is 0 Å². The second kappa shape index (κ2) is 42.9. The van der Waals surface area contributed by atoms with Crippen molar-refractivity contribution in [1.82, 2.24) is 20.3 Å². The summed E-state index contributed by atoms with van der Waals surface area (Å²) in [6.07, 6.45) is -3.02. The predicted molar refractivity (Wildman–Crippen MR) is 405 cm³/mol. The van der Waals surface area contributed by atoms with Crippen molar-refractivity contribution in [2.24, 2.45) is 0 Å². The van der Waals surface area contributed by atoms with Crippen molar-refractivity contribution in [3.63, 3.8) is 0 Å². The number of aromatic nitrogens is 4. The first-order valence-corrected chi connectivity index (χ1v) is 34.7. The first kappa shape index (κ1) is 87.8. The van der Waals surface area contributed by atoms with E-state index in [1.807, 2.05) is 179 Å². The number of benzene rings is 9. The summed E-state index contributed by atoms with van der Waals surface area (Å²) in [4.78, 5) is 74.3. The minimum atomic E-state index is -4.23. The van der Waals surface area contributed by atoms with Gasteiger partial charge in [0.1, 0.15) is 22.5 Å². The van der Waals surface area contributed by atoms with Gasteiger partial charge >= 0.3 is 36.0 Å². The topological polar surface area (TPSA) is 250 Å². The Kier molecular flexibility index (Phi) is 35.9. The molecule has 0 aliphatic heterocycles. The molecule has 1 N–H and O–H groups in total. The Labute approximate surface area is 612 Å². The molecular formula is C83H93F3N4O14S. The fourth-order valence-corrected chi connectivity index (χ4v) is 9.36. The van der Waals surface area contributed by atoms with Crippen molar-refractivity contribution >= 4 is 61.6 Å². The molecule has 0 aliphatic carbocycles.